The van der Waals surface area contributed by atoms with Crippen LogP contribution in [0.25, 0.3) is 0 Å². The molecule has 0 N–H and O–H groups in total. The Hall–Kier alpha value is -0.640. The zero-order valence-electron chi connectivity index (χ0n) is 15.2. The molecule has 6 atom stereocenters. The van der Waals surface area contributed by atoms with Crippen molar-refractivity contribution in [2.75, 3.05) is 0 Å². The second-order valence-electron chi connectivity index (χ2n) is 7.53. The number of epoxide rings is 3. The predicted octanol–water partition coefficient (Wildman–Crippen LogP) is 4.95. The fourth-order valence-corrected chi connectivity index (χ4v) is 3.61. The smallest absolute Gasteiger partial charge is 0.0877 e. The molecule has 0 bridgehead atoms. The summed E-state index contributed by atoms with van der Waals surface area (Å²) in [5.41, 5.74) is 0. The van der Waals surface area contributed by atoms with Gasteiger partial charge in [-0.25, -0.2) is 0 Å². The average molecular weight is 335 g/mol. The number of unbranched alkanes of at least 4 members (excludes halogenated alkanes) is 4. The van der Waals surface area contributed by atoms with E-state index >= 15 is 0 Å². The monoisotopic (exact) mass is 334 g/mol. The molecule has 0 aliphatic carbocycles. The van der Waals surface area contributed by atoms with Crippen LogP contribution in [-0.4, -0.2) is 36.6 Å². The number of ether oxygens (including phenoxy) is 3. The Morgan fingerprint density at radius 1 is 0.750 bits per heavy atom. The molecular weight excluding hydrogens is 300 g/mol. The largest absolute Gasteiger partial charge is 0.369 e. The highest BCUT2D eigenvalue weighted by Gasteiger charge is 2.51. The standard InChI is InChI=1S/C21H34O3/c1-3-5-7-8-9-11-13-17-19(23-17)15-21-20(24-21)14-18-16(22-18)12-10-6-4-2/h3,9,11,16-21H,1,4-8,10,12-15H2,2H3/b11-9-. The summed E-state index contributed by atoms with van der Waals surface area (Å²) < 4.78 is 17.4. The van der Waals surface area contributed by atoms with Crippen LogP contribution < -0.4 is 0 Å². The summed E-state index contributed by atoms with van der Waals surface area (Å²) in [7, 11) is 0. The summed E-state index contributed by atoms with van der Waals surface area (Å²) in [5.74, 6) is 0. The fraction of sp³-hybridized carbons (Fsp3) is 0.810. The molecule has 0 spiro atoms. The average Bonchev–Trinajstić information content (AvgIpc) is 3.48. The first kappa shape index (κ1) is 18.2. The van der Waals surface area contributed by atoms with Crippen LogP contribution in [0.4, 0.5) is 0 Å². The third-order valence-electron chi connectivity index (χ3n) is 5.40. The summed E-state index contributed by atoms with van der Waals surface area (Å²) in [6.45, 7) is 5.99. The molecule has 3 aliphatic rings. The van der Waals surface area contributed by atoms with Gasteiger partial charge in [-0.05, 0) is 32.1 Å². The maximum absolute atomic E-state index is 5.82. The lowest BCUT2D eigenvalue weighted by Gasteiger charge is -1.94. The van der Waals surface area contributed by atoms with Crippen molar-refractivity contribution in [2.24, 2.45) is 0 Å². The normalized spacial score (nSPS) is 36.9. The first-order valence-corrected chi connectivity index (χ1v) is 10.0. The molecule has 0 saturated carbocycles. The van der Waals surface area contributed by atoms with Crippen LogP contribution in [0.3, 0.4) is 0 Å². The Morgan fingerprint density at radius 2 is 1.42 bits per heavy atom. The molecule has 0 aromatic carbocycles. The van der Waals surface area contributed by atoms with Crippen molar-refractivity contribution in [3.63, 3.8) is 0 Å². The third-order valence-corrected chi connectivity index (χ3v) is 5.40. The van der Waals surface area contributed by atoms with E-state index in [0.717, 1.165) is 32.1 Å². The van der Waals surface area contributed by atoms with E-state index in [9.17, 15) is 0 Å². The minimum atomic E-state index is 0.428. The van der Waals surface area contributed by atoms with Gasteiger partial charge in [0.05, 0.1) is 36.6 Å². The van der Waals surface area contributed by atoms with Gasteiger partial charge in [0.15, 0.2) is 0 Å². The first-order chi connectivity index (χ1) is 11.8. The summed E-state index contributed by atoms with van der Waals surface area (Å²) in [5, 5.41) is 0. The van der Waals surface area contributed by atoms with E-state index in [1.807, 2.05) is 6.08 Å². The molecule has 3 aliphatic heterocycles. The van der Waals surface area contributed by atoms with E-state index in [2.05, 4.69) is 25.7 Å². The molecule has 24 heavy (non-hydrogen) atoms. The van der Waals surface area contributed by atoms with E-state index in [-0.39, 0.29) is 0 Å². The lowest BCUT2D eigenvalue weighted by atomic mass is 10.0. The zero-order chi connectivity index (χ0) is 16.8. The quantitative estimate of drug-likeness (QED) is 0.256. The zero-order valence-corrected chi connectivity index (χ0v) is 15.2. The maximum Gasteiger partial charge on any atom is 0.0877 e. The lowest BCUT2D eigenvalue weighted by molar-refractivity contribution is 0.309. The molecule has 3 fully saturated rings. The third kappa shape index (κ3) is 6.02. The summed E-state index contributed by atoms with van der Waals surface area (Å²) in [6, 6.07) is 0. The van der Waals surface area contributed by atoms with E-state index in [1.54, 1.807) is 0 Å². The van der Waals surface area contributed by atoms with Crippen LogP contribution in [0.1, 0.15) is 71.1 Å². The van der Waals surface area contributed by atoms with Gasteiger partial charge in [-0.1, -0.05) is 44.4 Å². The Bertz CT molecular complexity index is 419. The Labute approximate surface area is 147 Å². The second-order valence-corrected chi connectivity index (χ2v) is 7.53. The Morgan fingerprint density at radius 3 is 2.17 bits per heavy atom. The van der Waals surface area contributed by atoms with Crippen LogP contribution in [0.5, 0.6) is 0 Å². The number of hydrogen-bond donors (Lipinski definition) is 0. The Kier molecular flexibility index (Phi) is 6.94. The lowest BCUT2D eigenvalue weighted by Crippen LogP contribution is -2.05. The van der Waals surface area contributed by atoms with E-state index in [4.69, 9.17) is 14.2 Å². The van der Waals surface area contributed by atoms with Crippen LogP contribution >= 0.6 is 0 Å². The van der Waals surface area contributed by atoms with Gasteiger partial charge in [0.1, 0.15) is 0 Å². The molecule has 0 amide bonds. The van der Waals surface area contributed by atoms with Gasteiger partial charge in [0.25, 0.3) is 0 Å². The fourth-order valence-electron chi connectivity index (χ4n) is 3.61. The highest BCUT2D eigenvalue weighted by atomic mass is 16.6. The molecule has 6 unspecified atom stereocenters. The molecule has 3 saturated heterocycles. The molecule has 3 heteroatoms. The van der Waals surface area contributed by atoms with Gasteiger partial charge in [-0.2, -0.15) is 0 Å². The topological polar surface area (TPSA) is 37.6 Å². The van der Waals surface area contributed by atoms with Gasteiger partial charge in [-0.3, -0.25) is 0 Å². The van der Waals surface area contributed by atoms with Gasteiger partial charge in [-0.15, -0.1) is 6.58 Å². The number of hydrogen-bond acceptors (Lipinski definition) is 3. The van der Waals surface area contributed by atoms with E-state index in [0.29, 0.717) is 36.6 Å². The second kappa shape index (κ2) is 9.17. The number of rotatable bonds is 14. The summed E-state index contributed by atoms with van der Waals surface area (Å²) >= 11 is 0. The van der Waals surface area contributed by atoms with Crippen molar-refractivity contribution in [2.45, 2.75) is 108 Å². The van der Waals surface area contributed by atoms with Gasteiger partial charge >= 0.3 is 0 Å². The van der Waals surface area contributed by atoms with Crippen molar-refractivity contribution in [1.82, 2.24) is 0 Å². The molecule has 3 nitrogen and oxygen atoms in total. The summed E-state index contributed by atoms with van der Waals surface area (Å²) in [4.78, 5) is 0. The molecule has 0 aromatic rings. The molecule has 136 valence electrons. The van der Waals surface area contributed by atoms with Crippen molar-refractivity contribution in [3.8, 4) is 0 Å². The predicted molar refractivity (Wildman–Crippen MR) is 97.2 cm³/mol. The van der Waals surface area contributed by atoms with Crippen LogP contribution in [0.2, 0.25) is 0 Å². The highest BCUT2D eigenvalue weighted by Crippen LogP contribution is 2.42. The highest BCUT2D eigenvalue weighted by molar-refractivity contribution is 5.00. The SMILES string of the molecule is C=CCCC/C=C\CC1OC1CC1OC1CC1OC1CCCCC. The molecule has 0 aromatic heterocycles. The van der Waals surface area contributed by atoms with Crippen molar-refractivity contribution >= 4 is 0 Å². The van der Waals surface area contributed by atoms with Crippen LogP contribution in [0, 0.1) is 0 Å². The summed E-state index contributed by atoms with van der Waals surface area (Å²) in [6.07, 6.45) is 21.1. The van der Waals surface area contributed by atoms with Crippen molar-refractivity contribution in [3.05, 3.63) is 24.8 Å². The Balaban J connectivity index is 1.18. The molecule has 3 heterocycles. The molecule has 3 rings (SSSR count). The van der Waals surface area contributed by atoms with Crippen molar-refractivity contribution < 1.29 is 14.2 Å². The number of allylic oxidation sites excluding steroid dienone is 2. The van der Waals surface area contributed by atoms with Crippen molar-refractivity contribution in [1.29, 1.82) is 0 Å². The van der Waals surface area contributed by atoms with Crippen LogP contribution in [0.15, 0.2) is 24.8 Å². The minimum Gasteiger partial charge on any atom is -0.369 e. The maximum atomic E-state index is 5.82. The first-order valence-electron chi connectivity index (χ1n) is 10.0. The van der Waals surface area contributed by atoms with E-state index in [1.165, 1.54) is 32.1 Å². The van der Waals surface area contributed by atoms with Crippen LogP contribution in [-0.2, 0) is 14.2 Å². The van der Waals surface area contributed by atoms with Gasteiger partial charge < -0.3 is 14.2 Å². The van der Waals surface area contributed by atoms with Gasteiger partial charge in [0, 0.05) is 12.8 Å². The minimum absolute atomic E-state index is 0.428. The van der Waals surface area contributed by atoms with Gasteiger partial charge in [0.2, 0.25) is 0 Å². The van der Waals surface area contributed by atoms with E-state index < -0.39 is 0 Å². The molecular formula is C21H34O3. The molecule has 0 radical (unpaired) electrons.